The molecular formula is C15H22ClNO2. The van der Waals surface area contributed by atoms with Crippen LogP contribution < -0.4 is 5.32 Å². The van der Waals surface area contributed by atoms with Crippen LogP contribution in [-0.4, -0.2) is 17.6 Å². The Morgan fingerprint density at radius 3 is 2.68 bits per heavy atom. The summed E-state index contributed by atoms with van der Waals surface area (Å²) in [4.78, 5) is 11.0. The molecule has 1 rings (SSSR count). The summed E-state index contributed by atoms with van der Waals surface area (Å²) in [7, 11) is 0. The van der Waals surface area contributed by atoms with Crippen molar-refractivity contribution in [2.24, 2.45) is 5.41 Å². The molecule has 19 heavy (non-hydrogen) atoms. The second kappa shape index (κ2) is 6.92. The molecule has 0 atom stereocenters. The van der Waals surface area contributed by atoms with Crippen molar-refractivity contribution in [2.75, 3.05) is 6.54 Å². The van der Waals surface area contributed by atoms with Gasteiger partial charge in [-0.3, -0.25) is 4.79 Å². The maximum atomic E-state index is 11.0. The normalized spacial score (nSPS) is 11.6. The lowest BCUT2D eigenvalue weighted by molar-refractivity contribution is -0.147. The van der Waals surface area contributed by atoms with Crippen LogP contribution in [-0.2, 0) is 17.8 Å². The fourth-order valence-electron chi connectivity index (χ4n) is 1.85. The van der Waals surface area contributed by atoms with Crippen molar-refractivity contribution in [3.05, 3.63) is 34.3 Å². The highest BCUT2D eigenvalue weighted by Crippen LogP contribution is 2.22. The second-order valence-electron chi connectivity index (χ2n) is 5.35. The number of halogens is 1. The molecule has 106 valence electrons. The Morgan fingerprint density at radius 2 is 2.11 bits per heavy atom. The first-order chi connectivity index (χ1) is 8.88. The van der Waals surface area contributed by atoms with Gasteiger partial charge in [-0.25, -0.2) is 0 Å². The van der Waals surface area contributed by atoms with Gasteiger partial charge in [-0.15, -0.1) is 0 Å². The molecule has 0 bridgehead atoms. The zero-order chi connectivity index (χ0) is 14.5. The van der Waals surface area contributed by atoms with E-state index >= 15 is 0 Å². The third kappa shape index (κ3) is 4.51. The van der Waals surface area contributed by atoms with Gasteiger partial charge in [0.2, 0.25) is 0 Å². The number of carboxylic acids is 1. The second-order valence-corrected chi connectivity index (χ2v) is 5.75. The molecule has 0 fully saturated rings. The fourth-order valence-corrected chi connectivity index (χ4v) is 2.11. The molecule has 0 amide bonds. The molecule has 2 N–H and O–H groups in total. The Bertz CT molecular complexity index is 444. The maximum absolute atomic E-state index is 11.0. The van der Waals surface area contributed by atoms with Crippen LogP contribution in [0.25, 0.3) is 0 Å². The summed E-state index contributed by atoms with van der Waals surface area (Å²) in [5.74, 6) is -0.763. The van der Waals surface area contributed by atoms with E-state index in [-0.39, 0.29) is 0 Å². The van der Waals surface area contributed by atoms with E-state index in [1.807, 2.05) is 12.1 Å². The predicted molar refractivity (Wildman–Crippen MR) is 78.6 cm³/mol. The van der Waals surface area contributed by atoms with E-state index in [1.165, 1.54) is 5.56 Å². The molecule has 4 heteroatoms. The highest BCUT2D eigenvalue weighted by atomic mass is 35.5. The number of rotatable bonds is 7. The molecule has 3 nitrogen and oxygen atoms in total. The van der Waals surface area contributed by atoms with Gasteiger partial charge in [0.05, 0.1) is 5.41 Å². The van der Waals surface area contributed by atoms with Crippen LogP contribution in [0.2, 0.25) is 5.02 Å². The molecule has 0 aromatic heterocycles. The Hall–Kier alpha value is -1.06. The Kier molecular flexibility index (Phi) is 5.83. The summed E-state index contributed by atoms with van der Waals surface area (Å²) in [5, 5.41) is 13.1. The van der Waals surface area contributed by atoms with Crippen LogP contribution in [0, 0.1) is 5.41 Å². The van der Waals surface area contributed by atoms with Gasteiger partial charge < -0.3 is 10.4 Å². The quantitative estimate of drug-likeness (QED) is 0.753. The number of hydrogen-bond acceptors (Lipinski definition) is 2. The lowest BCUT2D eigenvalue weighted by atomic mass is 9.89. The molecule has 0 heterocycles. The van der Waals surface area contributed by atoms with Crippen molar-refractivity contribution >= 4 is 17.6 Å². The number of carbonyl (C=O) groups is 1. The summed E-state index contributed by atoms with van der Waals surface area (Å²) in [5.41, 5.74) is 1.65. The molecule has 0 aliphatic heterocycles. The van der Waals surface area contributed by atoms with Gasteiger partial charge in [-0.2, -0.15) is 0 Å². The van der Waals surface area contributed by atoms with Crippen molar-refractivity contribution in [3.63, 3.8) is 0 Å². The van der Waals surface area contributed by atoms with Crippen molar-refractivity contribution < 1.29 is 9.90 Å². The summed E-state index contributed by atoms with van der Waals surface area (Å²) in [6, 6.07) is 5.92. The molecule has 0 aliphatic carbocycles. The molecule has 0 unspecified atom stereocenters. The molecule has 1 aromatic carbocycles. The maximum Gasteiger partial charge on any atom is 0.309 e. The average molecular weight is 284 g/mol. The van der Waals surface area contributed by atoms with E-state index in [1.54, 1.807) is 13.8 Å². The van der Waals surface area contributed by atoms with Gasteiger partial charge in [0.25, 0.3) is 0 Å². The summed E-state index contributed by atoms with van der Waals surface area (Å²) >= 11 is 6.19. The predicted octanol–water partition coefficient (Wildman–Crippen LogP) is 3.49. The zero-order valence-electron chi connectivity index (χ0n) is 11.8. The molecule has 0 radical (unpaired) electrons. The zero-order valence-corrected chi connectivity index (χ0v) is 12.5. The van der Waals surface area contributed by atoms with Crippen molar-refractivity contribution in [2.45, 2.75) is 40.2 Å². The third-order valence-electron chi connectivity index (χ3n) is 3.40. The van der Waals surface area contributed by atoms with Crippen LogP contribution in [0.15, 0.2) is 18.2 Å². The molecule has 0 aliphatic rings. The highest BCUT2D eigenvalue weighted by molar-refractivity contribution is 6.31. The van der Waals surface area contributed by atoms with Gasteiger partial charge >= 0.3 is 5.97 Å². The summed E-state index contributed by atoms with van der Waals surface area (Å²) in [6.45, 7) is 6.92. The van der Waals surface area contributed by atoms with Gasteiger partial charge in [0, 0.05) is 11.6 Å². The monoisotopic (exact) mass is 283 g/mol. The standard InChI is InChI=1S/C15H22ClNO2/c1-4-11-6-5-7-13(16)12(11)10-17-9-8-15(2,3)14(18)19/h5-7,17H,4,8-10H2,1-3H3,(H,18,19). The van der Waals surface area contributed by atoms with E-state index in [0.717, 1.165) is 17.0 Å². The Labute approximate surface area is 120 Å². The fraction of sp³-hybridized carbons (Fsp3) is 0.533. The van der Waals surface area contributed by atoms with E-state index in [0.29, 0.717) is 19.5 Å². The minimum atomic E-state index is -0.763. The van der Waals surface area contributed by atoms with E-state index in [2.05, 4.69) is 18.3 Å². The average Bonchev–Trinajstić information content (AvgIpc) is 2.35. The van der Waals surface area contributed by atoms with Crippen molar-refractivity contribution in [3.8, 4) is 0 Å². The molecule has 0 saturated carbocycles. The van der Waals surface area contributed by atoms with Crippen molar-refractivity contribution in [1.29, 1.82) is 0 Å². The summed E-state index contributed by atoms with van der Waals surface area (Å²) < 4.78 is 0. The largest absolute Gasteiger partial charge is 0.481 e. The van der Waals surface area contributed by atoms with E-state index in [4.69, 9.17) is 16.7 Å². The van der Waals surface area contributed by atoms with Gasteiger partial charge in [0.1, 0.15) is 0 Å². The van der Waals surface area contributed by atoms with E-state index < -0.39 is 11.4 Å². The number of hydrogen-bond donors (Lipinski definition) is 2. The number of benzene rings is 1. The van der Waals surface area contributed by atoms with Gasteiger partial charge in [-0.1, -0.05) is 30.7 Å². The summed E-state index contributed by atoms with van der Waals surface area (Å²) in [6.07, 6.45) is 1.53. The molecule has 1 aromatic rings. The smallest absolute Gasteiger partial charge is 0.309 e. The van der Waals surface area contributed by atoms with Crippen LogP contribution in [0.1, 0.15) is 38.3 Å². The first kappa shape index (κ1) is 16.0. The van der Waals surface area contributed by atoms with Crippen LogP contribution in [0.5, 0.6) is 0 Å². The van der Waals surface area contributed by atoms with E-state index in [9.17, 15) is 4.79 Å². The number of carboxylic acid groups (broad SMARTS) is 1. The van der Waals surface area contributed by atoms with Crippen LogP contribution >= 0.6 is 11.6 Å². The molecule has 0 saturated heterocycles. The van der Waals surface area contributed by atoms with Gasteiger partial charge in [-0.05, 0) is 50.4 Å². The van der Waals surface area contributed by atoms with Gasteiger partial charge in [0.15, 0.2) is 0 Å². The lowest BCUT2D eigenvalue weighted by Gasteiger charge is -2.19. The Balaban J connectivity index is 2.53. The number of nitrogens with one attached hydrogen (secondary N) is 1. The Morgan fingerprint density at radius 1 is 1.42 bits per heavy atom. The SMILES string of the molecule is CCc1cccc(Cl)c1CNCCC(C)(C)C(=O)O. The minimum absolute atomic E-state index is 0.592. The van der Waals surface area contributed by atoms with Crippen LogP contribution in [0.4, 0.5) is 0 Å². The number of aryl methyl sites for hydroxylation is 1. The topological polar surface area (TPSA) is 49.3 Å². The number of aliphatic carboxylic acids is 1. The highest BCUT2D eigenvalue weighted by Gasteiger charge is 2.26. The van der Waals surface area contributed by atoms with Crippen molar-refractivity contribution in [1.82, 2.24) is 5.32 Å². The first-order valence-electron chi connectivity index (χ1n) is 6.59. The lowest BCUT2D eigenvalue weighted by Crippen LogP contribution is -2.29. The first-order valence-corrected chi connectivity index (χ1v) is 6.96. The molecule has 0 spiro atoms. The third-order valence-corrected chi connectivity index (χ3v) is 3.76. The molecular weight excluding hydrogens is 262 g/mol. The minimum Gasteiger partial charge on any atom is -0.481 e. The van der Waals surface area contributed by atoms with Crippen LogP contribution in [0.3, 0.4) is 0 Å².